The number of likely N-dealkylation sites (tertiary alicyclic amines) is 1. The van der Waals surface area contributed by atoms with Gasteiger partial charge in [-0.2, -0.15) is 0 Å². The van der Waals surface area contributed by atoms with Crippen LogP contribution in [0.25, 0.3) is 0 Å². The summed E-state index contributed by atoms with van der Waals surface area (Å²) in [6, 6.07) is 0.786. The minimum atomic E-state index is 0.786. The Morgan fingerprint density at radius 2 is 1.78 bits per heavy atom. The molecule has 1 aliphatic heterocycles. The van der Waals surface area contributed by atoms with Crippen LogP contribution in [-0.2, 0) is 0 Å². The van der Waals surface area contributed by atoms with Crippen molar-refractivity contribution in [2.24, 2.45) is 5.92 Å². The molecule has 2 aliphatic rings. The van der Waals surface area contributed by atoms with Crippen LogP contribution in [0.15, 0.2) is 11.6 Å². The molecule has 2 nitrogen and oxygen atoms in total. The maximum Gasteiger partial charge on any atom is 0.0165 e. The molecule has 1 aliphatic carbocycles. The smallest absolute Gasteiger partial charge is 0.0165 e. The van der Waals surface area contributed by atoms with Crippen LogP contribution < -0.4 is 5.32 Å². The van der Waals surface area contributed by atoms with Crippen LogP contribution in [0.2, 0.25) is 0 Å². The van der Waals surface area contributed by atoms with E-state index >= 15 is 0 Å². The molecule has 0 atom stereocenters. The second-order valence-corrected chi connectivity index (χ2v) is 6.42. The molecule has 0 spiro atoms. The van der Waals surface area contributed by atoms with E-state index in [4.69, 9.17) is 0 Å². The van der Waals surface area contributed by atoms with Crippen molar-refractivity contribution in [3.05, 3.63) is 11.6 Å². The normalized spacial score (nSPS) is 23.4. The quantitative estimate of drug-likeness (QED) is 0.754. The van der Waals surface area contributed by atoms with Crippen molar-refractivity contribution in [2.75, 3.05) is 26.2 Å². The Bertz CT molecular complexity index is 254. The summed E-state index contributed by atoms with van der Waals surface area (Å²) in [7, 11) is 0. The van der Waals surface area contributed by atoms with Gasteiger partial charge in [-0.05, 0) is 65.1 Å². The van der Waals surface area contributed by atoms with Crippen molar-refractivity contribution in [1.82, 2.24) is 10.2 Å². The Kier molecular flexibility index (Phi) is 5.71. The SMILES string of the molecule is CC(C)=CCN1CCC(NCC2CCCC2)CC1. The lowest BCUT2D eigenvalue weighted by Gasteiger charge is -2.32. The molecular weight excluding hydrogens is 220 g/mol. The van der Waals surface area contributed by atoms with Gasteiger partial charge in [0.2, 0.25) is 0 Å². The van der Waals surface area contributed by atoms with E-state index in [-0.39, 0.29) is 0 Å². The van der Waals surface area contributed by atoms with Gasteiger partial charge in [0.05, 0.1) is 0 Å². The Morgan fingerprint density at radius 3 is 2.39 bits per heavy atom. The van der Waals surface area contributed by atoms with Gasteiger partial charge in [0.25, 0.3) is 0 Å². The molecule has 0 unspecified atom stereocenters. The van der Waals surface area contributed by atoms with Crippen LogP contribution in [-0.4, -0.2) is 37.1 Å². The molecule has 0 aromatic carbocycles. The van der Waals surface area contributed by atoms with E-state index in [1.807, 2.05) is 0 Å². The molecule has 1 heterocycles. The molecule has 1 saturated heterocycles. The summed E-state index contributed by atoms with van der Waals surface area (Å²) in [5.74, 6) is 0.980. The van der Waals surface area contributed by atoms with Gasteiger partial charge in [-0.25, -0.2) is 0 Å². The third-order valence-electron chi connectivity index (χ3n) is 4.52. The Hall–Kier alpha value is -0.340. The number of piperidine rings is 1. The zero-order valence-electron chi connectivity index (χ0n) is 12.3. The average Bonchev–Trinajstić information content (AvgIpc) is 2.88. The topological polar surface area (TPSA) is 15.3 Å². The van der Waals surface area contributed by atoms with Gasteiger partial charge >= 0.3 is 0 Å². The van der Waals surface area contributed by atoms with E-state index in [0.29, 0.717) is 0 Å². The fourth-order valence-electron chi connectivity index (χ4n) is 3.18. The van der Waals surface area contributed by atoms with Gasteiger partial charge in [-0.3, -0.25) is 4.90 Å². The monoisotopic (exact) mass is 250 g/mol. The first-order chi connectivity index (χ1) is 8.74. The number of rotatable bonds is 5. The maximum atomic E-state index is 3.81. The fourth-order valence-corrected chi connectivity index (χ4v) is 3.18. The lowest BCUT2D eigenvalue weighted by molar-refractivity contribution is 0.211. The predicted molar refractivity (Wildman–Crippen MR) is 78.9 cm³/mol. The summed E-state index contributed by atoms with van der Waals surface area (Å²) in [6.07, 6.45) is 10.9. The van der Waals surface area contributed by atoms with Gasteiger partial charge < -0.3 is 5.32 Å². The highest BCUT2D eigenvalue weighted by molar-refractivity contribution is 4.95. The van der Waals surface area contributed by atoms with Crippen molar-refractivity contribution < 1.29 is 0 Å². The summed E-state index contributed by atoms with van der Waals surface area (Å²) >= 11 is 0. The van der Waals surface area contributed by atoms with Crippen LogP contribution in [0, 0.1) is 5.92 Å². The predicted octanol–water partition coefficient (Wildman–Crippen LogP) is 3.20. The molecule has 2 heteroatoms. The Balaban J connectivity index is 1.59. The number of nitrogens with one attached hydrogen (secondary N) is 1. The standard InChI is InChI=1S/C16H30N2/c1-14(2)7-10-18-11-8-16(9-12-18)17-13-15-5-3-4-6-15/h7,15-17H,3-6,8-13H2,1-2H3. The van der Waals surface area contributed by atoms with Crippen molar-refractivity contribution in [2.45, 2.75) is 58.4 Å². The molecule has 104 valence electrons. The molecule has 0 aromatic rings. The first-order valence-corrected chi connectivity index (χ1v) is 7.83. The fraction of sp³-hybridized carbons (Fsp3) is 0.875. The summed E-state index contributed by atoms with van der Waals surface area (Å²) in [6.45, 7) is 9.35. The highest BCUT2D eigenvalue weighted by Gasteiger charge is 2.20. The summed E-state index contributed by atoms with van der Waals surface area (Å²) in [4.78, 5) is 2.58. The highest BCUT2D eigenvalue weighted by Crippen LogP contribution is 2.24. The largest absolute Gasteiger partial charge is 0.314 e. The van der Waals surface area contributed by atoms with E-state index in [1.54, 1.807) is 0 Å². The Morgan fingerprint density at radius 1 is 1.11 bits per heavy atom. The molecule has 18 heavy (non-hydrogen) atoms. The van der Waals surface area contributed by atoms with Crippen LogP contribution >= 0.6 is 0 Å². The second-order valence-electron chi connectivity index (χ2n) is 6.42. The summed E-state index contributed by atoms with van der Waals surface area (Å²) < 4.78 is 0. The van der Waals surface area contributed by atoms with Gasteiger partial charge in [0.1, 0.15) is 0 Å². The van der Waals surface area contributed by atoms with E-state index in [1.165, 1.54) is 63.7 Å². The van der Waals surface area contributed by atoms with E-state index < -0.39 is 0 Å². The number of allylic oxidation sites excluding steroid dienone is 1. The van der Waals surface area contributed by atoms with Crippen LogP contribution in [0.3, 0.4) is 0 Å². The maximum absolute atomic E-state index is 3.81. The third-order valence-corrected chi connectivity index (χ3v) is 4.52. The minimum absolute atomic E-state index is 0.786. The number of nitrogens with zero attached hydrogens (tertiary/aromatic N) is 1. The van der Waals surface area contributed by atoms with Crippen LogP contribution in [0.4, 0.5) is 0 Å². The van der Waals surface area contributed by atoms with E-state index in [2.05, 4.69) is 30.1 Å². The molecule has 1 N–H and O–H groups in total. The van der Waals surface area contributed by atoms with Gasteiger partial charge in [-0.1, -0.05) is 24.5 Å². The van der Waals surface area contributed by atoms with Crippen molar-refractivity contribution in [3.63, 3.8) is 0 Å². The molecule has 2 rings (SSSR count). The van der Waals surface area contributed by atoms with E-state index in [9.17, 15) is 0 Å². The number of hydrogen-bond acceptors (Lipinski definition) is 2. The molecule has 0 radical (unpaired) electrons. The van der Waals surface area contributed by atoms with Crippen LogP contribution in [0.1, 0.15) is 52.4 Å². The first-order valence-electron chi connectivity index (χ1n) is 7.83. The van der Waals surface area contributed by atoms with Crippen molar-refractivity contribution >= 4 is 0 Å². The molecule has 0 bridgehead atoms. The van der Waals surface area contributed by atoms with Crippen LogP contribution in [0.5, 0.6) is 0 Å². The minimum Gasteiger partial charge on any atom is -0.314 e. The van der Waals surface area contributed by atoms with Gasteiger partial charge in [0, 0.05) is 12.6 Å². The second kappa shape index (κ2) is 7.30. The first kappa shape index (κ1) is 14.1. The highest BCUT2D eigenvalue weighted by atomic mass is 15.1. The lowest BCUT2D eigenvalue weighted by atomic mass is 10.0. The molecule has 0 aromatic heterocycles. The van der Waals surface area contributed by atoms with Gasteiger partial charge in [0.15, 0.2) is 0 Å². The van der Waals surface area contributed by atoms with Crippen molar-refractivity contribution in [1.29, 1.82) is 0 Å². The number of hydrogen-bond donors (Lipinski definition) is 1. The summed E-state index contributed by atoms with van der Waals surface area (Å²) in [5.41, 5.74) is 1.44. The average molecular weight is 250 g/mol. The molecule has 1 saturated carbocycles. The third kappa shape index (κ3) is 4.74. The molecule has 0 amide bonds. The van der Waals surface area contributed by atoms with E-state index in [0.717, 1.165) is 18.5 Å². The Labute approximate surface area is 113 Å². The zero-order valence-corrected chi connectivity index (χ0v) is 12.3. The van der Waals surface area contributed by atoms with Gasteiger partial charge in [-0.15, -0.1) is 0 Å². The van der Waals surface area contributed by atoms with Crippen molar-refractivity contribution in [3.8, 4) is 0 Å². The molecular formula is C16H30N2. The lowest BCUT2D eigenvalue weighted by Crippen LogP contribution is -2.43. The summed E-state index contributed by atoms with van der Waals surface area (Å²) in [5, 5.41) is 3.81. The molecule has 2 fully saturated rings. The zero-order chi connectivity index (χ0) is 12.8.